The number of anilines is 2. The van der Waals surface area contributed by atoms with Crippen molar-refractivity contribution in [1.29, 1.82) is 0 Å². The Hall–Kier alpha value is -3.47. The molecule has 0 bridgehead atoms. The molecule has 0 aromatic heterocycles. The van der Waals surface area contributed by atoms with E-state index in [0.717, 1.165) is 28.2 Å². The summed E-state index contributed by atoms with van der Waals surface area (Å²) in [5.41, 5.74) is 4.63. The molecule has 1 heterocycles. The molecule has 5 heteroatoms. The van der Waals surface area contributed by atoms with Crippen LogP contribution in [0.3, 0.4) is 0 Å². The molecule has 0 aliphatic carbocycles. The van der Waals surface area contributed by atoms with Crippen LogP contribution in [-0.4, -0.2) is 11.6 Å². The van der Waals surface area contributed by atoms with E-state index in [0.29, 0.717) is 12.8 Å². The van der Waals surface area contributed by atoms with Crippen molar-refractivity contribution in [2.24, 2.45) is 5.10 Å². The molecule has 0 fully saturated rings. The zero-order chi connectivity index (χ0) is 20.2. The Kier molecular flexibility index (Phi) is 5.38. The Balaban J connectivity index is 1.68. The van der Waals surface area contributed by atoms with Crippen molar-refractivity contribution in [1.82, 2.24) is 0 Å². The zero-order valence-corrected chi connectivity index (χ0v) is 16.2. The number of benzene rings is 3. The first-order chi connectivity index (χ1) is 14.1. The molecule has 0 radical (unpaired) electrons. The lowest BCUT2D eigenvalue weighted by atomic mass is 9.98. The summed E-state index contributed by atoms with van der Waals surface area (Å²) in [5, 5.41) is 9.78. The predicted molar refractivity (Wildman–Crippen MR) is 115 cm³/mol. The quantitative estimate of drug-likeness (QED) is 0.626. The first-order valence-electron chi connectivity index (χ1n) is 9.71. The smallest absolute Gasteiger partial charge is 0.224 e. The molecule has 3 aromatic rings. The lowest BCUT2D eigenvalue weighted by Gasteiger charge is -2.23. The fourth-order valence-electron chi connectivity index (χ4n) is 3.47. The highest BCUT2D eigenvalue weighted by Crippen LogP contribution is 2.36. The van der Waals surface area contributed by atoms with E-state index in [2.05, 4.69) is 5.32 Å². The molecule has 1 amide bonds. The third kappa shape index (κ3) is 4.19. The van der Waals surface area contributed by atoms with Crippen LogP contribution >= 0.6 is 0 Å². The normalized spacial score (nSPS) is 15.9. The van der Waals surface area contributed by atoms with Crippen LogP contribution in [0.15, 0.2) is 84.0 Å². The van der Waals surface area contributed by atoms with Crippen LogP contribution in [-0.2, 0) is 4.79 Å². The molecule has 1 atom stereocenters. The molecule has 0 saturated heterocycles. The molecule has 1 unspecified atom stereocenters. The van der Waals surface area contributed by atoms with Crippen molar-refractivity contribution in [3.8, 4) is 0 Å². The van der Waals surface area contributed by atoms with Gasteiger partial charge in [-0.15, -0.1) is 0 Å². The predicted octanol–water partition coefficient (Wildman–Crippen LogP) is 5.53. The fraction of sp³-hybridized carbons (Fsp3) is 0.167. The van der Waals surface area contributed by atoms with Crippen LogP contribution in [0, 0.1) is 5.82 Å². The van der Waals surface area contributed by atoms with Crippen molar-refractivity contribution in [3.63, 3.8) is 0 Å². The number of hydrogen-bond acceptors (Lipinski definition) is 3. The van der Waals surface area contributed by atoms with E-state index in [1.165, 1.54) is 12.1 Å². The molecular formula is C24H22FN3O. The molecule has 146 valence electrons. The second kappa shape index (κ2) is 8.27. The maximum Gasteiger partial charge on any atom is 0.224 e. The van der Waals surface area contributed by atoms with Crippen molar-refractivity contribution in [3.05, 3.63) is 95.8 Å². The Morgan fingerprint density at radius 2 is 1.83 bits per heavy atom. The number of carbonyl (C=O) groups is 1. The van der Waals surface area contributed by atoms with Gasteiger partial charge in [0.25, 0.3) is 0 Å². The minimum absolute atomic E-state index is 0.0226. The number of para-hydroxylation sites is 1. The lowest BCUT2D eigenvalue weighted by Crippen LogP contribution is -2.18. The van der Waals surface area contributed by atoms with Gasteiger partial charge in [0.15, 0.2) is 0 Å². The van der Waals surface area contributed by atoms with E-state index in [1.807, 2.05) is 78.7 Å². The lowest BCUT2D eigenvalue weighted by molar-refractivity contribution is -0.115. The van der Waals surface area contributed by atoms with Gasteiger partial charge < -0.3 is 5.32 Å². The van der Waals surface area contributed by atoms with Crippen LogP contribution in [0.4, 0.5) is 15.8 Å². The van der Waals surface area contributed by atoms with Gasteiger partial charge in [0.1, 0.15) is 5.82 Å². The molecule has 0 saturated carbocycles. The molecule has 4 nitrogen and oxygen atoms in total. The van der Waals surface area contributed by atoms with Crippen molar-refractivity contribution in [2.45, 2.75) is 25.8 Å². The van der Waals surface area contributed by atoms with Gasteiger partial charge in [-0.3, -0.25) is 9.80 Å². The summed E-state index contributed by atoms with van der Waals surface area (Å²) in [6, 6.07) is 24.3. The first kappa shape index (κ1) is 18.9. The summed E-state index contributed by atoms with van der Waals surface area (Å²) < 4.78 is 13.4. The number of halogens is 1. The number of hydrazone groups is 1. The minimum atomic E-state index is -0.251. The first-order valence-corrected chi connectivity index (χ1v) is 9.71. The van der Waals surface area contributed by atoms with Crippen molar-refractivity contribution >= 4 is 23.0 Å². The molecule has 1 aliphatic heterocycles. The second-order valence-electron chi connectivity index (χ2n) is 6.98. The second-order valence-corrected chi connectivity index (χ2v) is 6.98. The largest absolute Gasteiger partial charge is 0.326 e. The minimum Gasteiger partial charge on any atom is -0.326 e. The Morgan fingerprint density at radius 3 is 2.55 bits per heavy atom. The maximum absolute atomic E-state index is 13.4. The average molecular weight is 387 g/mol. The van der Waals surface area contributed by atoms with Gasteiger partial charge in [-0.05, 0) is 47.5 Å². The molecule has 4 rings (SSSR count). The fourth-order valence-corrected chi connectivity index (χ4v) is 3.47. The number of nitrogens with zero attached hydrogens (tertiary/aromatic N) is 2. The van der Waals surface area contributed by atoms with Crippen LogP contribution in [0.25, 0.3) is 0 Å². The van der Waals surface area contributed by atoms with Gasteiger partial charge in [-0.2, -0.15) is 5.10 Å². The zero-order valence-electron chi connectivity index (χ0n) is 16.2. The van der Waals surface area contributed by atoms with Crippen LogP contribution in [0.5, 0.6) is 0 Å². The van der Waals surface area contributed by atoms with E-state index < -0.39 is 0 Å². The van der Waals surface area contributed by atoms with Gasteiger partial charge >= 0.3 is 0 Å². The summed E-state index contributed by atoms with van der Waals surface area (Å²) in [6.07, 6.45) is 1.12. The van der Waals surface area contributed by atoms with Crippen LogP contribution in [0.1, 0.15) is 36.9 Å². The highest BCUT2D eigenvalue weighted by Gasteiger charge is 2.30. The molecule has 1 N–H and O–H groups in total. The number of rotatable bonds is 5. The van der Waals surface area contributed by atoms with E-state index >= 15 is 0 Å². The molecule has 1 aliphatic rings. The Labute approximate surface area is 169 Å². The summed E-state index contributed by atoms with van der Waals surface area (Å²) in [7, 11) is 0. The SMILES string of the molecule is CCC(=O)Nc1cccc(C2=NN(c3ccccc3)C(c3ccc(F)cc3)C2)c1. The van der Waals surface area contributed by atoms with Gasteiger partial charge in [-0.25, -0.2) is 4.39 Å². The third-order valence-corrected chi connectivity index (χ3v) is 4.99. The van der Waals surface area contributed by atoms with Gasteiger partial charge in [-0.1, -0.05) is 49.4 Å². The third-order valence-electron chi connectivity index (χ3n) is 4.99. The molecule has 3 aromatic carbocycles. The summed E-state index contributed by atoms with van der Waals surface area (Å²) in [4.78, 5) is 11.7. The number of carbonyl (C=O) groups excluding carboxylic acids is 1. The average Bonchev–Trinajstić information content (AvgIpc) is 3.20. The van der Waals surface area contributed by atoms with Gasteiger partial charge in [0.05, 0.1) is 17.4 Å². The summed E-state index contributed by atoms with van der Waals surface area (Å²) in [5.74, 6) is -0.274. The summed E-state index contributed by atoms with van der Waals surface area (Å²) in [6.45, 7) is 1.82. The van der Waals surface area contributed by atoms with E-state index in [4.69, 9.17) is 5.10 Å². The molecule has 29 heavy (non-hydrogen) atoms. The molecular weight excluding hydrogens is 365 g/mol. The van der Waals surface area contributed by atoms with Crippen molar-refractivity contribution in [2.75, 3.05) is 10.3 Å². The standard InChI is InChI=1S/C24H22FN3O/c1-2-24(29)26-20-8-6-7-18(15-20)22-16-23(17-11-13-19(25)14-12-17)28(27-22)21-9-4-3-5-10-21/h3-15,23H,2,16H2,1H3,(H,26,29). The Morgan fingerprint density at radius 1 is 1.07 bits per heavy atom. The molecule has 0 spiro atoms. The summed E-state index contributed by atoms with van der Waals surface area (Å²) >= 11 is 0. The maximum atomic E-state index is 13.4. The monoisotopic (exact) mass is 387 g/mol. The van der Waals surface area contributed by atoms with Gasteiger partial charge in [0.2, 0.25) is 5.91 Å². The number of nitrogens with one attached hydrogen (secondary N) is 1. The van der Waals surface area contributed by atoms with Crippen molar-refractivity contribution < 1.29 is 9.18 Å². The highest BCUT2D eigenvalue weighted by atomic mass is 19.1. The van der Waals surface area contributed by atoms with E-state index in [-0.39, 0.29) is 17.8 Å². The topological polar surface area (TPSA) is 44.7 Å². The highest BCUT2D eigenvalue weighted by molar-refractivity contribution is 6.04. The van der Waals surface area contributed by atoms with E-state index in [1.54, 1.807) is 0 Å². The number of amides is 1. The Bertz CT molecular complexity index is 1030. The number of hydrogen-bond donors (Lipinski definition) is 1. The van der Waals surface area contributed by atoms with Crippen LogP contribution < -0.4 is 10.3 Å². The van der Waals surface area contributed by atoms with Gasteiger partial charge in [0, 0.05) is 18.5 Å². The van der Waals surface area contributed by atoms with Crippen LogP contribution in [0.2, 0.25) is 0 Å². The van der Waals surface area contributed by atoms with E-state index in [9.17, 15) is 9.18 Å².